The van der Waals surface area contributed by atoms with E-state index in [1.54, 1.807) is 0 Å². The Balaban J connectivity index is 4.43. The fourth-order valence-electron chi connectivity index (χ4n) is 7.22. The number of allylic oxidation sites excluding steroid dienone is 20. The molecule has 1 unspecified atom stereocenters. The lowest BCUT2D eigenvalue weighted by Crippen LogP contribution is -2.30. The zero-order valence-corrected chi connectivity index (χ0v) is 44.5. The average molecular weight is 956 g/mol. The Hall–Kier alpha value is -4.19. The topological polar surface area (TPSA) is 78.9 Å². The number of rotatable bonds is 49. The van der Waals surface area contributed by atoms with Gasteiger partial charge in [0.1, 0.15) is 13.2 Å². The zero-order valence-electron chi connectivity index (χ0n) is 44.5. The minimum atomic E-state index is -0.806. The van der Waals surface area contributed by atoms with Crippen LogP contribution in [-0.2, 0) is 28.6 Å². The van der Waals surface area contributed by atoms with Gasteiger partial charge in [-0.05, 0) is 128 Å². The number of esters is 3. The molecule has 0 N–H and O–H groups in total. The Morgan fingerprint density at radius 1 is 0.304 bits per heavy atom. The SMILES string of the molecule is CC/C=C\C/C=C\C/C=C\C/C=C\C/C=C\C/C=C\C/C=C\CCCCCC(=O)OCC(COC(=O)CCCCCCC/C=C\CCCCCC)OC(=O)CCCCCCC/C=C\C/C=C\CCC. The van der Waals surface area contributed by atoms with Crippen molar-refractivity contribution < 1.29 is 28.6 Å². The highest BCUT2D eigenvalue weighted by Crippen LogP contribution is 2.13. The molecule has 0 heterocycles. The normalized spacial score (nSPS) is 13.0. The van der Waals surface area contributed by atoms with Gasteiger partial charge in [0, 0.05) is 19.3 Å². The minimum absolute atomic E-state index is 0.102. The van der Waals surface area contributed by atoms with E-state index < -0.39 is 6.10 Å². The second-order valence-electron chi connectivity index (χ2n) is 18.1. The van der Waals surface area contributed by atoms with Crippen LogP contribution in [0.2, 0.25) is 0 Å². The lowest BCUT2D eigenvalue weighted by atomic mass is 10.1. The van der Waals surface area contributed by atoms with Crippen LogP contribution in [0.25, 0.3) is 0 Å². The van der Waals surface area contributed by atoms with Gasteiger partial charge < -0.3 is 14.2 Å². The molecule has 0 radical (unpaired) electrons. The molecule has 0 rings (SSSR count). The third kappa shape index (κ3) is 54.6. The molecular formula is C63H102O6. The Bertz CT molecular complexity index is 1470. The summed E-state index contributed by atoms with van der Waals surface area (Å²) in [6.07, 6.45) is 77.6. The molecule has 0 saturated heterocycles. The molecule has 6 heteroatoms. The Morgan fingerprint density at radius 2 is 0.594 bits per heavy atom. The van der Waals surface area contributed by atoms with E-state index in [2.05, 4.69) is 142 Å². The van der Waals surface area contributed by atoms with Crippen LogP contribution >= 0.6 is 0 Å². The summed E-state index contributed by atoms with van der Waals surface area (Å²) in [5.74, 6) is -0.963. The van der Waals surface area contributed by atoms with Gasteiger partial charge in [-0.3, -0.25) is 14.4 Å². The maximum absolute atomic E-state index is 12.8. The van der Waals surface area contributed by atoms with Crippen molar-refractivity contribution >= 4 is 17.9 Å². The molecule has 0 aromatic rings. The van der Waals surface area contributed by atoms with Crippen molar-refractivity contribution in [3.05, 3.63) is 122 Å². The summed E-state index contributed by atoms with van der Waals surface area (Å²) < 4.78 is 16.8. The van der Waals surface area contributed by atoms with E-state index in [-0.39, 0.29) is 31.1 Å². The lowest BCUT2D eigenvalue weighted by Gasteiger charge is -2.18. The molecule has 0 aliphatic carbocycles. The van der Waals surface area contributed by atoms with Gasteiger partial charge in [-0.2, -0.15) is 0 Å². The molecule has 0 saturated carbocycles. The van der Waals surface area contributed by atoms with Crippen LogP contribution in [0.5, 0.6) is 0 Å². The van der Waals surface area contributed by atoms with Crippen molar-refractivity contribution in [2.45, 2.75) is 245 Å². The second-order valence-corrected chi connectivity index (χ2v) is 18.1. The zero-order chi connectivity index (χ0) is 50.0. The molecule has 0 amide bonds. The smallest absolute Gasteiger partial charge is 0.306 e. The molecular weight excluding hydrogens is 853 g/mol. The first-order chi connectivity index (χ1) is 34.0. The van der Waals surface area contributed by atoms with E-state index in [0.29, 0.717) is 19.3 Å². The average Bonchev–Trinajstić information content (AvgIpc) is 3.35. The van der Waals surface area contributed by atoms with Crippen molar-refractivity contribution in [2.24, 2.45) is 0 Å². The summed E-state index contributed by atoms with van der Waals surface area (Å²) in [6, 6.07) is 0. The van der Waals surface area contributed by atoms with Gasteiger partial charge in [-0.15, -0.1) is 0 Å². The number of hydrogen-bond donors (Lipinski definition) is 0. The molecule has 390 valence electrons. The summed E-state index contributed by atoms with van der Waals surface area (Å²) >= 11 is 0. The van der Waals surface area contributed by atoms with Crippen molar-refractivity contribution in [1.82, 2.24) is 0 Å². The molecule has 1 atom stereocenters. The largest absolute Gasteiger partial charge is 0.462 e. The molecule has 0 aromatic heterocycles. The van der Waals surface area contributed by atoms with E-state index in [9.17, 15) is 14.4 Å². The maximum Gasteiger partial charge on any atom is 0.306 e. The van der Waals surface area contributed by atoms with E-state index in [1.807, 2.05) is 0 Å². The molecule has 6 nitrogen and oxygen atoms in total. The predicted octanol–water partition coefficient (Wildman–Crippen LogP) is 18.9. The fourth-order valence-corrected chi connectivity index (χ4v) is 7.22. The first kappa shape index (κ1) is 64.8. The summed E-state index contributed by atoms with van der Waals surface area (Å²) in [4.78, 5) is 38.1. The van der Waals surface area contributed by atoms with Gasteiger partial charge in [-0.25, -0.2) is 0 Å². The van der Waals surface area contributed by atoms with Crippen molar-refractivity contribution in [3.8, 4) is 0 Å². The van der Waals surface area contributed by atoms with Crippen LogP contribution in [0.4, 0.5) is 0 Å². The summed E-state index contributed by atoms with van der Waals surface area (Å²) in [5, 5.41) is 0. The Kier molecular flexibility index (Phi) is 53.0. The van der Waals surface area contributed by atoms with Crippen LogP contribution in [0.1, 0.15) is 239 Å². The summed E-state index contributed by atoms with van der Waals surface area (Å²) in [5.41, 5.74) is 0. The lowest BCUT2D eigenvalue weighted by molar-refractivity contribution is -0.167. The number of carbonyl (C=O) groups excluding carboxylic acids is 3. The quantitative estimate of drug-likeness (QED) is 0.0262. The number of hydrogen-bond acceptors (Lipinski definition) is 6. The van der Waals surface area contributed by atoms with E-state index >= 15 is 0 Å². The molecule has 0 bridgehead atoms. The number of carbonyl (C=O) groups is 3. The highest BCUT2D eigenvalue weighted by Gasteiger charge is 2.19. The fraction of sp³-hybridized carbons (Fsp3) is 0.635. The van der Waals surface area contributed by atoms with Crippen molar-refractivity contribution in [2.75, 3.05) is 13.2 Å². The Labute approximate surface area is 424 Å². The van der Waals surface area contributed by atoms with Crippen molar-refractivity contribution in [3.63, 3.8) is 0 Å². The summed E-state index contributed by atoms with van der Waals surface area (Å²) in [7, 11) is 0. The molecule has 0 aliphatic rings. The first-order valence-electron chi connectivity index (χ1n) is 28.0. The van der Waals surface area contributed by atoms with Crippen LogP contribution < -0.4 is 0 Å². The van der Waals surface area contributed by atoms with E-state index in [0.717, 1.165) is 154 Å². The van der Waals surface area contributed by atoms with Gasteiger partial charge in [0.2, 0.25) is 0 Å². The molecule has 0 fully saturated rings. The Morgan fingerprint density at radius 3 is 0.971 bits per heavy atom. The van der Waals surface area contributed by atoms with Crippen LogP contribution in [0.3, 0.4) is 0 Å². The van der Waals surface area contributed by atoms with Crippen molar-refractivity contribution in [1.29, 1.82) is 0 Å². The minimum Gasteiger partial charge on any atom is -0.462 e. The second kappa shape index (κ2) is 56.4. The molecule has 0 spiro atoms. The van der Waals surface area contributed by atoms with Crippen LogP contribution in [-0.4, -0.2) is 37.2 Å². The number of unbranched alkanes of at least 4 members (excludes halogenated alkanes) is 18. The first-order valence-corrected chi connectivity index (χ1v) is 28.0. The van der Waals surface area contributed by atoms with Gasteiger partial charge in [-0.1, -0.05) is 213 Å². The van der Waals surface area contributed by atoms with Crippen LogP contribution in [0, 0.1) is 0 Å². The summed E-state index contributed by atoms with van der Waals surface area (Å²) in [6.45, 7) is 6.39. The third-order valence-electron chi connectivity index (χ3n) is 11.4. The highest BCUT2D eigenvalue weighted by atomic mass is 16.6. The predicted molar refractivity (Wildman–Crippen MR) is 297 cm³/mol. The monoisotopic (exact) mass is 955 g/mol. The van der Waals surface area contributed by atoms with Gasteiger partial charge in [0.05, 0.1) is 0 Å². The number of ether oxygens (including phenoxy) is 3. The van der Waals surface area contributed by atoms with E-state index in [1.165, 1.54) is 44.9 Å². The molecule has 0 aromatic carbocycles. The maximum atomic E-state index is 12.8. The van der Waals surface area contributed by atoms with Crippen LogP contribution in [0.15, 0.2) is 122 Å². The molecule has 69 heavy (non-hydrogen) atoms. The highest BCUT2D eigenvalue weighted by molar-refractivity contribution is 5.71. The standard InChI is InChI=1S/C63H102O6/c1-4-7-10-13-16-19-22-25-26-27-28-29-30-31-32-33-34-35-36-39-41-44-47-50-53-56-62(65)68-59-60(69-63(66)57-54-51-48-45-42-38-24-21-18-15-12-9-6-3)58-67-61(64)55-52-49-46-43-40-37-23-20-17-14-11-8-5-2/h7,10,12,15-16,19-21,23-26,28-29,31-32,34-35,39,41,60H,4-6,8-9,11,13-14,17-18,22,27,30,33,36-38,40,42-59H2,1-3H3/b10-7-,15-12-,19-16-,23-20-,24-21-,26-25-,29-28-,32-31-,35-34-,41-39-. The van der Waals surface area contributed by atoms with Gasteiger partial charge in [0.15, 0.2) is 6.10 Å². The van der Waals surface area contributed by atoms with Gasteiger partial charge in [0.25, 0.3) is 0 Å². The van der Waals surface area contributed by atoms with E-state index in [4.69, 9.17) is 14.2 Å². The molecule has 0 aliphatic heterocycles. The van der Waals surface area contributed by atoms with Gasteiger partial charge >= 0.3 is 17.9 Å². The third-order valence-corrected chi connectivity index (χ3v) is 11.4.